The molecule has 6 heteroatoms. The van der Waals surface area contributed by atoms with Gasteiger partial charge >= 0.3 is 6.03 Å². The van der Waals surface area contributed by atoms with E-state index in [1.165, 1.54) is 12.0 Å². The third kappa shape index (κ3) is 5.33. The van der Waals surface area contributed by atoms with Crippen LogP contribution in [0.15, 0.2) is 42.7 Å². The van der Waals surface area contributed by atoms with Crippen molar-refractivity contribution >= 4 is 6.03 Å². The zero-order chi connectivity index (χ0) is 18.2. The molecule has 0 radical (unpaired) electrons. The Kier molecular flexibility index (Phi) is 6.66. The maximum atomic E-state index is 12.3. The van der Waals surface area contributed by atoms with Gasteiger partial charge in [0.2, 0.25) is 0 Å². The predicted molar refractivity (Wildman–Crippen MR) is 101 cm³/mol. The van der Waals surface area contributed by atoms with Crippen molar-refractivity contribution in [3.05, 3.63) is 54.1 Å². The molecule has 1 unspecified atom stereocenters. The quantitative estimate of drug-likeness (QED) is 0.830. The molecule has 1 atom stereocenters. The van der Waals surface area contributed by atoms with Gasteiger partial charge < -0.3 is 19.5 Å². The van der Waals surface area contributed by atoms with Crippen molar-refractivity contribution in [2.75, 3.05) is 26.7 Å². The molecule has 1 aromatic heterocycles. The maximum Gasteiger partial charge on any atom is 0.317 e. The minimum Gasteiger partial charge on any atom is -0.376 e. The van der Waals surface area contributed by atoms with Crippen molar-refractivity contribution in [3.63, 3.8) is 0 Å². The van der Waals surface area contributed by atoms with Gasteiger partial charge in [-0.25, -0.2) is 9.78 Å². The van der Waals surface area contributed by atoms with Gasteiger partial charge in [-0.2, -0.15) is 0 Å². The molecular formula is C20H28N4O2. The highest BCUT2D eigenvalue weighted by atomic mass is 16.5. The number of likely N-dealkylation sites (N-methyl/N-ethyl adjacent to an activating group) is 1. The number of carbonyl (C=O) groups is 1. The monoisotopic (exact) mass is 356 g/mol. The van der Waals surface area contributed by atoms with Crippen LogP contribution in [-0.4, -0.2) is 53.3 Å². The van der Waals surface area contributed by atoms with Gasteiger partial charge in [0.25, 0.3) is 0 Å². The largest absolute Gasteiger partial charge is 0.376 e. The molecule has 0 aliphatic carbocycles. The lowest BCUT2D eigenvalue weighted by molar-refractivity contribution is 0.00388. The number of urea groups is 1. The summed E-state index contributed by atoms with van der Waals surface area (Å²) in [6, 6.07) is 10.3. The van der Waals surface area contributed by atoms with Crippen LogP contribution in [-0.2, 0) is 17.7 Å². The van der Waals surface area contributed by atoms with Crippen LogP contribution < -0.4 is 5.32 Å². The van der Waals surface area contributed by atoms with Gasteiger partial charge in [0, 0.05) is 52.1 Å². The molecule has 1 saturated heterocycles. The van der Waals surface area contributed by atoms with E-state index in [0.717, 1.165) is 31.8 Å². The second kappa shape index (κ2) is 9.38. The van der Waals surface area contributed by atoms with Gasteiger partial charge in [0.05, 0.1) is 6.10 Å². The first-order valence-corrected chi connectivity index (χ1v) is 9.37. The summed E-state index contributed by atoms with van der Waals surface area (Å²) in [6.45, 7) is 2.82. The van der Waals surface area contributed by atoms with E-state index in [9.17, 15) is 4.79 Å². The molecule has 2 aromatic rings. The zero-order valence-corrected chi connectivity index (χ0v) is 15.4. The normalized spacial score (nSPS) is 17.0. The van der Waals surface area contributed by atoms with Crippen LogP contribution in [0, 0.1) is 0 Å². The van der Waals surface area contributed by atoms with Gasteiger partial charge in [0.15, 0.2) is 0 Å². The first kappa shape index (κ1) is 18.5. The molecule has 0 spiro atoms. The topological polar surface area (TPSA) is 59.4 Å². The summed E-state index contributed by atoms with van der Waals surface area (Å²) in [6.07, 6.45) is 8.02. The maximum absolute atomic E-state index is 12.3. The number of carbonyl (C=O) groups excluding carboxylic acids is 1. The number of imidazole rings is 1. The van der Waals surface area contributed by atoms with Crippen LogP contribution in [0.4, 0.5) is 4.79 Å². The molecule has 1 aliphatic heterocycles. The summed E-state index contributed by atoms with van der Waals surface area (Å²) in [5.74, 6) is 0.979. The van der Waals surface area contributed by atoms with E-state index in [4.69, 9.17) is 4.74 Å². The van der Waals surface area contributed by atoms with Crippen molar-refractivity contribution in [1.29, 1.82) is 0 Å². The lowest BCUT2D eigenvalue weighted by atomic mass is 10.1. The lowest BCUT2D eigenvalue weighted by Gasteiger charge is -2.27. The van der Waals surface area contributed by atoms with Crippen molar-refractivity contribution in [3.8, 4) is 0 Å². The highest BCUT2D eigenvalue weighted by Gasteiger charge is 2.18. The molecule has 26 heavy (non-hydrogen) atoms. The van der Waals surface area contributed by atoms with Crippen LogP contribution >= 0.6 is 0 Å². The molecule has 2 amide bonds. The molecule has 0 bridgehead atoms. The molecule has 3 rings (SSSR count). The number of amides is 2. The zero-order valence-electron chi connectivity index (χ0n) is 15.4. The second-order valence-electron chi connectivity index (χ2n) is 6.81. The highest BCUT2D eigenvalue weighted by molar-refractivity contribution is 5.73. The van der Waals surface area contributed by atoms with Gasteiger partial charge in [0.1, 0.15) is 5.82 Å². The summed E-state index contributed by atoms with van der Waals surface area (Å²) >= 11 is 0. The Labute approximate surface area is 155 Å². The van der Waals surface area contributed by atoms with Crippen LogP contribution in [0.2, 0.25) is 0 Å². The van der Waals surface area contributed by atoms with Crippen LogP contribution in [0.1, 0.15) is 30.7 Å². The summed E-state index contributed by atoms with van der Waals surface area (Å²) in [5, 5.41) is 2.98. The number of nitrogens with zero attached hydrogens (tertiary/aromatic N) is 3. The van der Waals surface area contributed by atoms with E-state index in [0.29, 0.717) is 19.5 Å². The number of aromatic nitrogens is 2. The Balaban J connectivity index is 1.43. The van der Waals surface area contributed by atoms with Gasteiger partial charge in [-0.05, 0) is 24.8 Å². The number of ether oxygens (including phenoxy) is 1. The van der Waals surface area contributed by atoms with E-state index in [-0.39, 0.29) is 12.1 Å². The molecule has 2 heterocycles. The summed E-state index contributed by atoms with van der Waals surface area (Å²) in [5.41, 5.74) is 1.24. The van der Waals surface area contributed by atoms with Crippen molar-refractivity contribution < 1.29 is 9.53 Å². The second-order valence-corrected chi connectivity index (χ2v) is 6.81. The average molecular weight is 356 g/mol. The predicted octanol–water partition coefficient (Wildman–Crippen LogP) is 2.68. The fourth-order valence-corrected chi connectivity index (χ4v) is 3.25. The Morgan fingerprint density at radius 3 is 2.96 bits per heavy atom. The van der Waals surface area contributed by atoms with Gasteiger partial charge in [-0.15, -0.1) is 0 Å². The molecule has 1 aromatic carbocycles. The SMILES string of the molecule is CN(CC1CCCCO1)C(=O)NCCc1nccn1Cc1ccccc1. The fourth-order valence-electron chi connectivity index (χ4n) is 3.25. The Hall–Kier alpha value is -2.34. The molecule has 0 saturated carbocycles. The molecule has 1 N–H and O–H groups in total. The molecule has 6 nitrogen and oxygen atoms in total. The first-order valence-electron chi connectivity index (χ1n) is 9.37. The Bertz CT molecular complexity index is 680. The molecular weight excluding hydrogens is 328 g/mol. The van der Waals surface area contributed by atoms with Crippen LogP contribution in [0.3, 0.4) is 0 Å². The third-order valence-electron chi connectivity index (χ3n) is 4.72. The summed E-state index contributed by atoms with van der Waals surface area (Å²) in [4.78, 5) is 18.4. The van der Waals surface area contributed by atoms with E-state index in [1.807, 2.05) is 37.6 Å². The van der Waals surface area contributed by atoms with E-state index < -0.39 is 0 Å². The number of hydrogen-bond acceptors (Lipinski definition) is 3. The molecule has 1 aliphatic rings. The molecule has 1 fully saturated rings. The summed E-state index contributed by atoms with van der Waals surface area (Å²) < 4.78 is 7.83. The van der Waals surface area contributed by atoms with Crippen LogP contribution in [0.25, 0.3) is 0 Å². The number of rotatable bonds is 7. The van der Waals surface area contributed by atoms with Crippen molar-refractivity contribution in [2.24, 2.45) is 0 Å². The number of benzene rings is 1. The van der Waals surface area contributed by atoms with E-state index in [2.05, 4.69) is 27.0 Å². The van der Waals surface area contributed by atoms with E-state index in [1.54, 1.807) is 4.90 Å². The average Bonchev–Trinajstić information content (AvgIpc) is 3.10. The smallest absolute Gasteiger partial charge is 0.317 e. The minimum atomic E-state index is -0.0552. The van der Waals surface area contributed by atoms with Gasteiger partial charge in [-0.1, -0.05) is 30.3 Å². The summed E-state index contributed by atoms with van der Waals surface area (Å²) in [7, 11) is 1.82. The van der Waals surface area contributed by atoms with Crippen LogP contribution in [0.5, 0.6) is 0 Å². The standard InChI is InChI=1S/C20H28N4O2/c1-23(16-18-9-5-6-14-26-18)20(25)22-11-10-19-21-12-13-24(19)15-17-7-3-2-4-8-17/h2-4,7-8,12-13,18H,5-6,9-11,14-16H2,1H3,(H,22,25). The number of hydrogen-bond donors (Lipinski definition) is 1. The van der Waals surface area contributed by atoms with Crippen molar-refractivity contribution in [1.82, 2.24) is 19.8 Å². The highest BCUT2D eigenvalue weighted by Crippen LogP contribution is 2.13. The lowest BCUT2D eigenvalue weighted by Crippen LogP contribution is -2.43. The molecule has 140 valence electrons. The number of nitrogens with one attached hydrogen (secondary N) is 1. The minimum absolute atomic E-state index is 0.0552. The Morgan fingerprint density at radius 2 is 2.19 bits per heavy atom. The first-order chi connectivity index (χ1) is 12.7. The Morgan fingerprint density at radius 1 is 1.35 bits per heavy atom. The van der Waals surface area contributed by atoms with E-state index >= 15 is 0 Å². The fraction of sp³-hybridized carbons (Fsp3) is 0.500. The van der Waals surface area contributed by atoms with Crippen molar-refractivity contribution in [2.45, 2.75) is 38.3 Å². The third-order valence-corrected chi connectivity index (χ3v) is 4.72. The van der Waals surface area contributed by atoms with Gasteiger partial charge in [-0.3, -0.25) is 0 Å².